The summed E-state index contributed by atoms with van der Waals surface area (Å²) in [4.78, 5) is 4.48. The summed E-state index contributed by atoms with van der Waals surface area (Å²) in [5.74, 6) is 1.30. The van der Waals surface area contributed by atoms with Crippen LogP contribution in [0, 0.1) is 6.92 Å². The van der Waals surface area contributed by atoms with E-state index in [0.29, 0.717) is 5.89 Å². The summed E-state index contributed by atoms with van der Waals surface area (Å²) in [6, 6.07) is 2.18. The van der Waals surface area contributed by atoms with E-state index >= 15 is 0 Å². The third-order valence-electron chi connectivity index (χ3n) is 3.28. The number of aromatic nitrogens is 4. The molecule has 0 radical (unpaired) electrons. The van der Waals surface area contributed by atoms with Crippen molar-refractivity contribution in [2.75, 3.05) is 6.54 Å². The zero-order valence-corrected chi connectivity index (χ0v) is 10.7. The molecule has 1 atom stereocenters. The van der Waals surface area contributed by atoms with Crippen LogP contribution in [0.2, 0.25) is 0 Å². The van der Waals surface area contributed by atoms with E-state index < -0.39 is 0 Å². The fourth-order valence-electron chi connectivity index (χ4n) is 2.36. The topological polar surface area (TPSA) is 68.8 Å². The van der Waals surface area contributed by atoms with Crippen LogP contribution in [0.5, 0.6) is 0 Å². The van der Waals surface area contributed by atoms with Crippen LogP contribution in [0.3, 0.4) is 0 Å². The second-order valence-corrected chi connectivity index (χ2v) is 4.75. The lowest BCUT2D eigenvalue weighted by molar-refractivity contribution is 0.366. The van der Waals surface area contributed by atoms with Gasteiger partial charge in [-0.05, 0) is 32.4 Å². The lowest BCUT2D eigenvalue weighted by Gasteiger charge is -2.19. The maximum atomic E-state index is 5.34. The number of aryl methyl sites for hydroxylation is 2. The van der Waals surface area contributed by atoms with Gasteiger partial charge >= 0.3 is 0 Å². The van der Waals surface area contributed by atoms with Crippen LogP contribution in [0.4, 0.5) is 0 Å². The van der Waals surface area contributed by atoms with Gasteiger partial charge in [0.1, 0.15) is 5.69 Å². The highest BCUT2D eigenvalue weighted by atomic mass is 16.5. The van der Waals surface area contributed by atoms with Crippen LogP contribution < -0.4 is 5.32 Å². The summed E-state index contributed by atoms with van der Waals surface area (Å²) >= 11 is 0. The van der Waals surface area contributed by atoms with Gasteiger partial charge in [-0.1, -0.05) is 11.6 Å². The summed E-state index contributed by atoms with van der Waals surface area (Å²) < 4.78 is 7.10. The van der Waals surface area contributed by atoms with Crippen molar-refractivity contribution in [2.24, 2.45) is 7.05 Å². The first-order valence-electron chi connectivity index (χ1n) is 6.32. The SMILES string of the molecule is Cc1cc(-c2nc(C3CCCCN3)no2)n(C)n1. The summed E-state index contributed by atoms with van der Waals surface area (Å²) in [5, 5.41) is 11.8. The van der Waals surface area contributed by atoms with E-state index in [2.05, 4.69) is 20.6 Å². The predicted octanol–water partition coefficient (Wildman–Crippen LogP) is 1.59. The van der Waals surface area contributed by atoms with Crippen molar-refractivity contribution in [1.82, 2.24) is 25.2 Å². The second-order valence-electron chi connectivity index (χ2n) is 4.75. The maximum absolute atomic E-state index is 5.34. The Morgan fingerprint density at radius 2 is 2.33 bits per heavy atom. The highest BCUT2D eigenvalue weighted by Crippen LogP contribution is 2.24. The highest BCUT2D eigenvalue weighted by Gasteiger charge is 2.21. The van der Waals surface area contributed by atoms with E-state index in [4.69, 9.17) is 4.52 Å². The summed E-state index contributed by atoms with van der Waals surface area (Å²) in [6.07, 6.45) is 3.51. The van der Waals surface area contributed by atoms with Crippen LogP contribution in [0.25, 0.3) is 11.6 Å². The Kier molecular flexibility index (Phi) is 2.87. The molecule has 2 aromatic heterocycles. The molecule has 6 nitrogen and oxygen atoms in total. The number of rotatable bonds is 2. The van der Waals surface area contributed by atoms with Gasteiger partial charge in [0.15, 0.2) is 5.82 Å². The van der Waals surface area contributed by atoms with Crippen molar-refractivity contribution in [2.45, 2.75) is 32.2 Å². The van der Waals surface area contributed by atoms with Gasteiger partial charge in [0.25, 0.3) is 5.89 Å². The van der Waals surface area contributed by atoms with E-state index in [1.807, 2.05) is 20.0 Å². The van der Waals surface area contributed by atoms with Gasteiger partial charge in [-0.25, -0.2) is 0 Å². The molecule has 0 saturated carbocycles. The average Bonchev–Trinajstić information content (AvgIpc) is 2.97. The molecule has 0 spiro atoms. The van der Waals surface area contributed by atoms with Crippen LogP contribution in [0.1, 0.15) is 36.8 Å². The van der Waals surface area contributed by atoms with Crippen LogP contribution >= 0.6 is 0 Å². The van der Waals surface area contributed by atoms with Gasteiger partial charge < -0.3 is 9.84 Å². The highest BCUT2D eigenvalue weighted by molar-refractivity contribution is 5.47. The molecule has 2 aromatic rings. The van der Waals surface area contributed by atoms with Gasteiger partial charge in [0.2, 0.25) is 0 Å². The fourth-order valence-corrected chi connectivity index (χ4v) is 2.36. The zero-order chi connectivity index (χ0) is 12.5. The zero-order valence-electron chi connectivity index (χ0n) is 10.7. The molecule has 1 unspecified atom stereocenters. The fraction of sp³-hybridized carbons (Fsp3) is 0.583. The molecule has 3 rings (SSSR count). The maximum Gasteiger partial charge on any atom is 0.276 e. The van der Waals surface area contributed by atoms with E-state index in [0.717, 1.165) is 30.2 Å². The lowest BCUT2D eigenvalue weighted by atomic mass is 10.0. The van der Waals surface area contributed by atoms with Crippen LogP contribution in [-0.2, 0) is 7.05 Å². The number of nitrogens with zero attached hydrogens (tertiary/aromatic N) is 4. The molecule has 6 heteroatoms. The average molecular weight is 247 g/mol. The molecule has 0 bridgehead atoms. The van der Waals surface area contributed by atoms with Crippen LogP contribution in [0.15, 0.2) is 10.6 Å². The molecule has 1 N–H and O–H groups in total. The van der Waals surface area contributed by atoms with Gasteiger partial charge in [-0.15, -0.1) is 0 Å². The number of nitrogens with one attached hydrogen (secondary N) is 1. The van der Waals surface area contributed by atoms with E-state index in [9.17, 15) is 0 Å². The first-order valence-corrected chi connectivity index (χ1v) is 6.32. The molecule has 1 aliphatic rings. The third-order valence-corrected chi connectivity index (χ3v) is 3.28. The van der Waals surface area contributed by atoms with Crippen molar-refractivity contribution in [1.29, 1.82) is 0 Å². The number of piperidine rings is 1. The Morgan fingerprint density at radius 1 is 1.44 bits per heavy atom. The summed E-state index contributed by atoms with van der Waals surface area (Å²) in [6.45, 7) is 2.98. The molecule has 18 heavy (non-hydrogen) atoms. The van der Waals surface area contributed by atoms with Crippen molar-refractivity contribution in [3.05, 3.63) is 17.6 Å². The number of hydrogen-bond acceptors (Lipinski definition) is 5. The molecule has 0 amide bonds. The quantitative estimate of drug-likeness (QED) is 0.872. The minimum atomic E-state index is 0.227. The monoisotopic (exact) mass is 247 g/mol. The first kappa shape index (κ1) is 11.4. The Morgan fingerprint density at radius 3 is 3.00 bits per heavy atom. The smallest absolute Gasteiger partial charge is 0.276 e. The van der Waals surface area contributed by atoms with Gasteiger partial charge in [0.05, 0.1) is 11.7 Å². The molecular formula is C12H17N5O. The Bertz CT molecular complexity index is 538. The largest absolute Gasteiger partial charge is 0.332 e. The van der Waals surface area contributed by atoms with Crippen LogP contribution in [-0.4, -0.2) is 26.5 Å². The molecule has 1 saturated heterocycles. The lowest BCUT2D eigenvalue weighted by Crippen LogP contribution is -2.27. The predicted molar refractivity (Wildman–Crippen MR) is 65.8 cm³/mol. The summed E-state index contributed by atoms with van der Waals surface area (Å²) in [5.41, 5.74) is 1.81. The minimum Gasteiger partial charge on any atom is -0.332 e. The van der Waals surface area contributed by atoms with Crippen molar-refractivity contribution in [3.63, 3.8) is 0 Å². The molecule has 1 aliphatic heterocycles. The van der Waals surface area contributed by atoms with Crippen molar-refractivity contribution < 1.29 is 4.52 Å². The number of hydrogen-bond donors (Lipinski definition) is 1. The molecular weight excluding hydrogens is 230 g/mol. The van der Waals surface area contributed by atoms with Gasteiger partial charge in [0, 0.05) is 7.05 Å². The molecule has 96 valence electrons. The van der Waals surface area contributed by atoms with Crippen molar-refractivity contribution >= 4 is 0 Å². The molecule has 3 heterocycles. The van der Waals surface area contributed by atoms with E-state index in [1.165, 1.54) is 12.8 Å². The molecule has 0 aromatic carbocycles. The van der Waals surface area contributed by atoms with Gasteiger partial charge in [-0.2, -0.15) is 10.1 Å². The minimum absolute atomic E-state index is 0.227. The summed E-state index contributed by atoms with van der Waals surface area (Å²) in [7, 11) is 1.88. The van der Waals surface area contributed by atoms with E-state index in [1.54, 1.807) is 4.68 Å². The molecule has 1 fully saturated rings. The standard InChI is InChI=1S/C12H17N5O/c1-8-7-10(17(2)15-8)12-14-11(16-18-12)9-5-3-4-6-13-9/h7,9,13H,3-6H2,1-2H3. The Labute approximate surface area is 105 Å². The van der Waals surface area contributed by atoms with E-state index in [-0.39, 0.29) is 6.04 Å². The third kappa shape index (κ3) is 2.03. The Balaban J connectivity index is 1.86. The van der Waals surface area contributed by atoms with Crippen molar-refractivity contribution in [3.8, 4) is 11.6 Å². The first-order chi connectivity index (χ1) is 8.74. The normalized spacial score (nSPS) is 20.2. The van der Waals surface area contributed by atoms with Gasteiger partial charge in [-0.3, -0.25) is 4.68 Å². The second kappa shape index (κ2) is 4.53. The Hall–Kier alpha value is -1.69. The molecule has 0 aliphatic carbocycles.